The highest BCUT2D eigenvalue weighted by Gasteiger charge is 2.32. The Balaban J connectivity index is 0.00000261. The molecule has 10 heteroatoms. The largest absolute Gasteiger partial charge is 0.573 e. The molecule has 0 aliphatic heterocycles. The first-order chi connectivity index (χ1) is 12.3. The fourth-order valence-electron chi connectivity index (χ4n) is 2.42. The molecule has 0 saturated carbocycles. The average molecular weight is 491 g/mol. The third-order valence-electron chi connectivity index (χ3n) is 3.54. The molecule has 144 valence electrons. The number of halogens is 4. The number of aliphatic imine (C=N–C) groups is 1. The van der Waals surface area contributed by atoms with Crippen LogP contribution < -0.4 is 15.8 Å². The molecule has 3 rings (SSSR count). The van der Waals surface area contributed by atoms with Gasteiger partial charge in [-0.1, -0.05) is 24.3 Å². The number of H-pyrrole nitrogens is 1. The smallest absolute Gasteiger partial charge is 0.404 e. The van der Waals surface area contributed by atoms with E-state index in [4.69, 9.17) is 5.73 Å². The molecule has 0 atom stereocenters. The summed E-state index contributed by atoms with van der Waals surface area (Å²) in [6, 6.07) is 11.3. The van der Waals surface area contributed by atoms with Gasteiger partial charge >= 0.3 is 6.36 Å². The Morgan fingerprint density at radius 1 is 1.22 bits per heavy atom. The van der Waals surface area contributed by atoms with Gasteiger partial charge in [0.1, 0.15) is 12.4 Å². The summed E-state index contributed by atoms with van der Waals surface area (Å²) in [6.07, 6.45) is -4.80. The summed E-state index contributed by atoms with van der Waals surface area (Å²) in [5.74, 6) is 0.150. The van der Waals surface area contributed by atoms with Crippen molar-refractivity contribution >= 4 is 46.7 Å². The molecule has 0 aliphatic carbocycles. The minimum atomic E-state index is -4.80. The van der Waals surface area contributed by atoms with Crippen molar-refractivity contribution in [2.24, 2.45) is 10.7 Å². The minimum Gasteiger partial charge on any atom is -0.404 e. The lowest BCUT2D eigenvalue weighted by Crippen LogP contribution is -2.24. The number of aromatic nitrogens is 2. The fraction of sp³-hybridized carbons (Fsp3) is 0.176. The van der Waals surface area contributed by atoms with Gasteiger partial charge in [0.15, 0.2) is 11.7 Å². The molecular formula is C17H17F3IN5O. The van der Waals surface area contributed by atoms with Gasteiger partial charge in [-0.05, 0) is 30.7 Å². The maximum Gasteiger partial charge on any atom is 0.573 e. The number of benzene rings is 2. The average Bonchev–Trinajstić information content (AvgIpc) is 2.98. The monoisotopic (exact) mass is 491 g/mol. The van der Waals surface area contributed by atoms with Gasteiger partial charge in [0, 0.05) is 0 Å². The summed E-state index contributed by atoms with van der Waals surface area (Å²) in [5, 5.41) is 2.61. The summed E-state index contributed by atoms with van der Waals surface area (Å²) in [7, 11) is 0. The van der Waals surface area contributed by atoms with Crippen LogP contribution in [0.4, 0.5) is 18.9 Å². The van der Waals surface area contributed by atoms with Crippen molar-refractivity contribution in [1.82, 2.24) is 9.97 Å². The predicted molar refractivity (Wildman–Crippen MR) is 108 cm³/mol. The number of nitrogens with one attached hydrogen (secondary N) is 2. The molecule has 6 nitrogen and oxygen atoms in total. The molecule has 1 heterocycles. The van der Waals surface area contributed by atoms with E-state index in [0.717, 1.165) is 16.6 Å². The van der Waals surface area contributed by atoms with Crippen molar-refractivity contribution in [3.05, 3.63) is 53.9 Å². The Hall–Kier alpha value is -2.50. The Morgan fingerprint density at radius 2 is 1.96 bits per heavy atom. The number of imidazole rings is 1. The molecule has 0 bridgehead atoms. The SMILES string of the molecule is Cc1cccc2[nH]c(CN=C(N)Nc3ccccc3OC(F)(F)F)nc12.I. The lowest BCUT2D eigenvalue weighted by atomic mass is 10.2. The van der Waals surface area contributed by atoms with E-state index in [1.165, 1.54) is 18.2 Å². The van der Waals surface area contributed by atoms with Crippen LogP contribution in [-0.2, 0) is 6.54 Å². The Labute approximate surface area is 170 Å². The van der Waals surface area contributed by atoms with Gasteiger partial charge < -0.3 is 20.8 Å². The maximum absolute atomic E-state index is 12.4. The highest BCUT2D eigenvalue weighted by molar-refractivity contribution is 14.0. The molecular weight excluding hydrogens is 474 g/mol. The summed E-state index contributed by atoms with van der Waals surface area (Å²) >= 11 is 0. The fourth-order valence-corrected chi connectivity index (χ4v) is 2.42. The van der Waals surface area contributed by atoms with Crippen LogP contribution in [-0.4, -0.2) is 22.3 Å². The first-order valence-electron chi connectivity index (χ1n) is 7.68. The maximum atomic E-state index is 12.4. The number of para-hydroxylation sites is 3. The van der Waals surface area contributed by atoms with Crippen LogP contribution in [0.2, 0.25) is 0 Å². The molecule has 0 unspecified atom stereocenters. The topological polar surface area (TPSA) is 88.3 Å². The molecule has 2 aromatic carbocycles. The Morgan fingerprint density at radius 3 is 2.67 bits per heavy atom. The first-order valence-corrected chi connectivity index (χ1v) is 7.68. The van der Waals surface area contributed by atoms with Crippen LogP contribution in [0.3, 0.4) is 0 Å². The van der Waals surface area contributed by atoms with Crippen molar-refractivity contribution < 1.29 is 17.9 Å². The van der Waals surface area contributed by atoms with E-state index in [1.807, 2.05) is 25.1 Å². The van der Waals surface area contributed by atoms with Gasteiger partial charge in [0.05, 0.1) is 16.7 Å². The van der Waals surface area contributed by atoms with E-state index in [1.54, 1.807) is 6.07 Å². The highest BCUT2D eigenvalue weighted by Crippen LogP contribution is 2.29. The van der Waals surface area contributed by atoms with Crippen LogP contribution in [0.5, 0.6) is 5.75 Å². The van der Waals surface area contributed by atoms with Crippen LogP contribution in [0, 0.1) is 6.92 Å². The van der Waals surface area contributed by atoms with Gasteiger partial charge in [0.25, 0.3) is 0 Å². The zero-order valence-electron chi connectivity index (χ0n) is 14.2. The quantitative estimate of drug-likeness (QED) is 0.288. The van der Waals surface area contributed by atoms with E-state index in [-0.39, 0.29) is 42.2 Å². The molecule has 0 fully saturated rings. The number of hydrogen-bond acceptors (Lipinski definition) is 3. The second-order valence-corrected chi connectivity index (χ2v) is 5.53. The van der Waals surface area contributed by atoms with E-state index < -0.39 is 12.1 Å². The van der Waals surface area contributed by atoms with Gasteiger partial charge in [-0.2, -0.15) is 0 Å². The minimum absolute atomic E-state index is 0. The van der Waals surface area contributed by atoms with E-state index in [2.05, 4.69) is 25.0 Å². The number of nitrogens with two attached hydrogens (primary N) is 1. The van der Waals surface area contributed by atoms with Gasteiger partial charge in [-0.15, -0.1) is 37.1 Å². The van der Waals surface area contributed by atoms with Crippen molar-refractivity contribution in [2.45, 2.75) is 19.8 Å². The number of fused-ring (bicyclic) bond motifs is 1. The summed E-state index contributed by atoms with van der Waals surface area (Å²) in [5.41, 5.74) is 8.58. The van der Waals surface area contributed by atoms with Gasteiger partial charge in [-0.3, -0.25) is 0 Å². The summed E-state index contributed by atoms with van der Waals surface area (Å²) in [4.78, 5) is 11.7. The number of nitrogens with zero attached hydrogens (tertiary/aromatic N) is 2. The van der Waals surface area contributed by atoms with Crippen molar-refractivity contribution in [3.63, 3.8) is 0 Å². The Bertz CT molecular complexity index is 955. The highest BCUT2D eigenvalue weighted by atomic mass is 127. The van der Waals surface area contributed by atoms with Crippen molar-refractivity contribution in [3.8, 4) is 5.75 Å². The molecule has 0 saturated heterocycles. The molecule has 4 N–H and O–H groups in total. The number of rotatable bonds is 4. The normalized spacial score (nSPS) is 11.9. The van der Waals surface area contributed by atoms with Crippen LogP contribution in [0.25, 0.3) is 11.0 Å². The third kappa shape index (κ3) is 5.49. The van der Waals surface area contributed by atoms with Gasteiger partial charge in [0.2, 0.25) is 0 Å². The standard InChI is InChI=1S/C17H16F3N5O.HI/c1-10-5-4-7-12-15(10)25-14(23-12)9-22-16(21)24-11-6-2-3-8-13(11)26-17(18,19)20;/h2-8H,9H2,1H3,(H,23,25)(H3,21,22,24);1H. The number of anilines is 1. The van der Waals surface area contributed by atoms with Crippen LogP contribution in [0.15, 0.2) is 47.5 Å². The van der Waals surface area contributed by atoms with Crippen molar-refractivity contribution in [2.75, 3.05) is 5.32 Å². The predicted octanol–water partition coefficient (Wildman–Crippen LogP) is 4.31. The van der Waals surface area contributed by atoms with E-state index in [0.29, 0.717) is 5.82 Å². The lowest BCUT2D eigenvalue weighted by molar-refractivity contribution is -0.274. The number of ether oxygens (including phenoxy) is 1. The summed E-state index contributed by atoms with van der Waals surface area (Å²) < 4.78 is 41.3. The van der Waals surface area contributed by atoms with E-state index in [9.17, 15) is 13.2 Å². The second kappa shape index (κ2) is 8.46. The molecule has 0 aliphatic rings. The van der Waals surface area contributed by atoms with Crippen molar-refractivity contribution in [1.29, 1.82) is 0 Å². The van der Waals surface area contributed by atoms with Crippen LogP contribution >= 0.6 is 24.0 Å². The number of alkyl halides is 3. The molecule has 1 aromatic heterocycles. The molecule has 3 aromatic rings. The zero-order chi connectivity index (χ0) is 18.7. The molecule has 27 heavy (non-hydrogen) atoms. The number of hydrogen-bond donors (Lipinski definition) is 3. The number of aryl methyl sites for hydroxylation is 1. The number of aromatic amines is 1. The summed E-state index contributed by atoms with van der Waals surface area (Å²) in [6.45, 7) is 2.10. The molecule has 0 radical (unpaired) electrons. The van der Waals surface area contributed by atoms with Crippen LogP contribution in [0.1, 0.15) is 11.4 Å². The Kier molecular flexibility index (Phi) is 6.52. The third-order valence-corrected chi connectivity index (χ3v) is 3.54. The second-order valence-electron chi connectivity index (χ2n) is 5.53. The molecule has 0 amide bonds. The molecule has 0 spiro atoms. The lowest BCUT2D eigenvalue weighted by Gasteiger charge is -2.13. The van der Waals surface area contributed by atoms with Gasteiger partial charge in [-0.25, -0.2) is 9.98 Å². The van der Waals surface area contributed by atoms with E-state index >= 15 is 0 Å². The zero-order valence-corrected chi connectivity index (χ0v) is 16.5. The first kappa shape index (κ1) is 20.8. The number of guanidine groups is 1.